The van der Waals surface area contributed by atoms with Gasteiger partial charge in [-0.25, -0.2) is 0 Å². The first-order chi connectivity index (χ1) is 12.1. The van der Waals surface area contributed by atoms with Crippen LogP contribution in [0.2, 0.25) is 0 Å². The Morgan fingerprint density at radius 3 is 3.08 bits per heavy atom. The molecule has 4 rings (SSSR count). The lowest BCUT2D eigenvalue weighted by atomic mass is 9.77. The molecule has 0 aromatic carbocycles. The number of aromatic nitrogens is 2. The lowest BCUT2D eigenvalue weighted by Gasteiger charge is -2.32. The van der Waals surface area contributed by atoms with Gasteiger partial charge in [-0.3, -0.25) is 9.48 Å². The minimum absolute atomic E-state index is 0.0992. The third-order valence-corrected chi connectivity index (χ3v) is 5.45. The molecule has 25 heavy (non-hydrogen) atoms. The van der Waals surface area contributed by atoms with Gasteiger partial charge in [0.2, 0.25) is 6.10 Å². The van der Waals surface area contributed by atoms with E-state index in [4.69, 9.17) is 9.57 Å². The number of carbonyl (C=O) groups excluding carboxylic acids is 1. The maximum atomic E-state index is 12.4. The Morgan fingerprint density at radius 1 is 1.48 bits per heavy atom. The second kappa shape index (κ2) is 6.76. The van der Waals surface area contributed by atoms with Crippen LogP contribution in [-0.4, -0.2) is 59.8 Å². The molecule has 1 aromatic heterocycles. The molecule has 136 valence electrons. The third-order valence-electron chi connectivity index (χ3n) is 5.45. The number of rotatable bonds is 4. The number of oxime groups is 1. The van der Waals surface area contributed by atoms with Crippen LogP contribution in [0.5, 0.6) is 0 Å². The summed E-state index contributed by atoms with van der Waals surface area (Å²) in [5.41, 5.74) is 1.96. The van der Waals surface area contributed by atoms with Crippen molar-refractivity contribution in [2.45, 2.75) is 37.9 Å². The molecule has 0 aliphatic carbocycles. The van der Waals surface area contributed by atoms with Gasteiger partial charge in [-0.1, -0.05) is 5.16 Å². The topological polar surface area (TPSA) is 89.8 Å². The third kappa shape index (κ3) is 3.55. The van der Waals surface area contributed by atoms with Gasteiger partial charge in [-0.2, -0.15) is 5.10 Å². The molecule has 0 bridgehead atoms. The highest BCUT2D eigenvalue weighted by Crippen LogP contribution is 2.40. The zero-order valence-electron chi connectivity index (χ0n) is 14.5. The van der Waals surface area contributed by atoms with Gasteiger partial charge in [0.1, 0.15) is 0 Å². The molecule has 8 nitrogen and oxygen atoms in total. The van der Waals surface area contributed by atoms with Gasteiger partial charge < -0.3 is 20.2 Å². The summed E-state index contributed by atoms with van der Waals surface area (Å²) >= 11 is 0. The molecule has 1 spiro atoms. The lowest BCUT2D eigenvalue weighted by molar-refractivity contribution is -0.131. The van der Waals surface area contributed by atoms with Crippen LogP contribution in [0.4, 0.5) is 0 Å². The van der Waals surface area contributed by atoms with E-state index < -0.39 is 6.10 Å². The van der Waals surface area contributed by atoms with Crippen molar-refractivity contribution >= 4 is 11.6 Å². The fraction of sp³-hybridized carbons (Fsp3) is 0.706. The van der Waals surface area contributed by atoms with Gasteiger partial charge >= 0.3 is 0 Å². The van der Waals surface area contributed by atoms with Crippen molar-refractivity contribution < 1.29 is 14.4 Å². The van der Waals surface area contributed by atoms with Crippen molar-refractivity contribution in [3.63, 3.8) is 0 Å². The molecule has 1 amide bonds. The first kappa shape index (κ1) is 16.5. The van der Waals surface area contributed by atoms with E-state index in [1.165, 1.54) is 0 Å². The average Bonchev–Trinajstić information content (AvgIpc) is 3.34. The highest BCUT2D eigenvalue weighted by Gasteiger charge is 2.41. The predicted molar refractivity (Wildman–Crippen MR) is 91.1 cm³/mol. The van der Waals surface area contributed by atoms with Crippen LogP contribution in [0.3, 0.4) is 0 Å². The molecular formula is C17H25N5O3. The fourth-order valence-corrected chi connectivity index (χ4v) is 3.92. The normalized spacial score (nSPS) is 28.0. The van der Waals surface area contributed by atoms with Crippen molar-refractivity contribution in [1.82, 2.24) is 20.4 Å². The zero-order chi connectivity index (χ0) is 17.3. The van der Waals surface area contributed by atoms with Crippen LogP contribution in [0.1, 0.15) is 31.2 Å². The van der Waals surface area contributed by atoms with E-state index >= 15 is 0 Å². The average molecular weight is 347 g/mol. The van der Waals surface area contributed by atoms with Crippen molar-refractivity contribution in [2.24, 2.45) is 17.6 Å². The Kier molecular flexibility index (Phi) is 4.47. The van der Waals surface area contributed by atoms with E-state index in [0.29, 0.717) is 18.4 Å². The summed E-state index contributed by atoms with van der Waals surface area (Å²) in [6, 6.07) is 0. The SMILES string of the molecule is Cn1cc(C2=NOC(C(=O)NCC3CC4(CCNCC4)CO3)C2)cn1. The Morgan fingerprint density at radius 2 is 2.32 bits per heavy atom. The fourth-order valence-electron chi connectivity index (χ4n) is 3.92. The van der Waals surface area contributed by atoms with Gasteiger partial charge in [0.25, 0.3) is 5.91 Å². The molecule has 3 aliphatic rings. The van der Waals surface area contributed by atoms with E-state index in [-0.39, 0.29) is 12.0 Å². The summed E-state index contributed by atoms with van der Waals surface area (Å²) < 4.78 is 7.64. The number of carbonyl (C=O) groups is 1. The summed E-state index contributed by atoms with van der Waals surface area (Å²) in [5, 5.41) is 14.5. The Labute approximate surface area is 146 Å². The summed E-state index contributed by atoms with van der Waals surface area (Å²) in [7, 11) is 1.85. The molecule has 2 atom stereocenters. The number of aryl methyl sites for hydroxylation is 1. The Balaban J connectivity index is 1.24. The Hall–Kier alpha value is -1.93. The van der Waals surface area contributed by atoms with Crippen LogP contribution in [-0.2, 0) is 21.4 Å². The van der Waals surface area contributed by atoms with Gasteiger partial charge in [0.15, 0.2) is 0 Å². The van der Waals surface area contributed by atoms with Gasteiger partial charge in [0.05, 0.1) is 24.6 Å². The van der Waals surface area contributed by atoms with Crippen molar-refractivity contribution in [3.8, 4) is 0 Å². The molecule has 2 fully saturated rings. The number of hydrogen-bond donors (Lipinski definition) is 2. The molecule has 0 saturated carbocycles. The van der Waals surface area contributed by atoms with Crippen LogP contribution in [0.15, 0.2) is 17.5 Å². The maximum absolute atomic E-state index is 12.4. The first-order valence-corrected chi connectivity index (χ1v) is 8.95. The Bertz CT molecular complexity index is 665. The van der Waals surface area contributed by atoms with Crippen LogP contribution in [0, 0.1) is 5.41 Å². The monoisotopic (exact) mass is 347 g/mol. The molecule has 2 N–H and O–H groups in total. The second-order valence-electron chi connectivity index (χ2n) is 7.37. The molecular weight excluding hydrogens is 322 g/mol. The number of nitrogens with zero attached hydrogens (tertiary/aromatic N) is 3. The summed E-state index contributed by atoms with van der Waals surface area (Å²) in [5.74, 6) is -0.127. The number of hydrogen-bond acceptors (Lipinski definition) is 6. The van der Waals surface area contributed by atoms with E-state index in [0.717, 1.165) is 50.2 Å². The molecule has 3 aliphatic heterocycles. The van der Waals surface area contributed by atoms with Crippen molar-refractivity contribution in [1.29, 1.82) is 0 Å². The molecule has 1 aromatic rings. The van der Waals surface area contributed by atoms with Gasteiger partial charge in [0, 0.05) is 31.8 Å². The minimum Gasteiger partial charge on any atom is -0.382 e. The van der Waals surface area contributed by atoms with Crippen LogP contribution >= 0.6 is 0 Å². The molecule has 2 saturated heterocycles. The zero-order valence-corrected chi connectivity index (χ0v) is 14.5. The van der Waals surface area contributed by atoms with Crippen molar-refractivity contribution in [2.75, 3.05) is 26.2 Å². The second-order valence-corrected chi connectivity index (χ2v) is 7.37. The van der Waals surface area contributed by atoms with Crippen LogP contribution in [0.25, 0.3) is 0 Å². The maximum Gasteiger partial charge on any atom is 0.264 e. The minimum atomic E-state index is -0.565. The van der Waals surface area contributed by atoms with Crippen LogP contribution < -0.4 is 10.6 Å². The van der Waals surface area contributed by atoms with Gasteiger partial charge in [-0.15, -0.1) is 0 Å². The van der Waals surface area contributed by atoms with Gasteiger partial charge in [-0.05, 0) is 37.8 Å². The lowest BCUT2D eigenvalue weighted by Crippen LogP contribution is -2.40. The number of nitrogens with one attached hydrogen (secondary N) is 2. The number of piperidine rings is 1. The van der Waals surface area contributed by atoms with E-state index in [1.54, 1.807) is 10.9 Å². The molecule has 0 radical (unpaired) electrons. The first-order valence-electron chi connectivity index (χ1n) is 8.95. The summed E-state index contributed by atoms with van der Waals surface area (Å²) in [6.45, 7) is 3.47. The highest BCUT2D eigenvalue weighted by atomic mass is 16.6. The molecule has 8 heteroatoms. The summed E-state index contributed by atoms with van der Waals surface area (Å²) in [4.78, 5) is 17.7. The molecule has 4 heterocycles. The summed E-state index contributed by atoms with van der Waals surface area (Å²) in [6.07, 6.45) is 6.94. The predicted octanol–water partition coefficient (Wildman–Crippen LogP) is 0.188. The molecule has 2 unspecified atom stereocenters. The largest absolute Gasteiger partial charge is 0.382 e. The van der Waals surface area contributed by atoms with E-state index in [2.05, 4.69) is 20.9 Å². The van der Waals surface area contributed by atoms with Crippen molar-refractivity contribution in [3.05, 3.63) is 18.0 Å². The van der Waals surface area contributed by atoms with E-state index in [9.17, 15) is 4.79 Å². The number of amides is 1. The standard InChI is InChI=1S/C17H25N5O3/c1-22-10-12(8-20-22)14-6-15(25-21-14)16(23)19-9-13-7-17(11-24-13)2-4-18-5-3-17/h8,10,13,15,18H,2-7,9,11H2,1H3,(H,19,23). The highest BCUT2D eigenvalue weighted by molar-refractivity contribution is 6.03. The number of ether oxygens (including phenoxy) is 1. The van der Waals surface area contributed by atoms with E-state index in [1.807, 2.05) is 13.2 Å². The smallest absolute Gasteiger partial charge is 0.264 e. The quantitative estimate of drug-likeness (QED) is 0.811.